The van der Waals surface area contributed by atoms with Gasteiger partial charge in [0.1, 0.15) is 0 Å². The maximum Gasteiger partial charge on any atom is 0.165 e. The molecule has 0 aliphatic heterocycles. The van der Waals surface area contributed by atoms with Crippen LogP contribution in [0, 0.1) is 5.92 Å². The summed E-state index contributed by atoms with van der Waals surface area (Å²) in [5.41, 5.74) is 6.95. The van der Waals surface area contributed by atoms with Gasteiger partial charge >= 0.3 is 0 Å². The lowest BCUT2D eigenvalue weighted by atomic mass is 9.95. The molecule has 0 spiro atoms. The quantitative estimate of drug-likeness (QED) is 0.869. The van der Waals surface area contributed by atoms with Gasteiger partial charge in [-0.15, -0.1) is 0 Å². The summed E-state index contributed by atoms with van der Waals surface area (Å²) in [6.07, 6.45) is 3.28. The van der Waals surface area contributed by atoms with Crippen LogP contribution in [0.3, 0.4) is 0 Å². The minimum Gasteiger partial charge on any atom is -0.493 e. The van der Waals surface area contributed by atoms with Crippen LogP contribution in [0.4, 0.5) is 0 Å². The normalized spacial score (nSPS) is 15.4. The van der Waals surface area contributed by atoms with Crippen LogP contribution in [0.15, 0.2) is 16.6 Å². The third-order valence-corrected chi connectivity index (χ3v) is 3.92. The number of halogens is 1. The topological polar surface area (TPSA) is 44.5 Å². The second kappa shape index (κ2) is 5.71. The molecule has 1 aliphatic rings. The van der Waals surface area contributed by atoms with Crippen LogP contribution in [0.5, 0.6) is 11.5 Å². The Morgan fingerprint density at radius 3 is 2.58 bits per heavy atom. The van der Waals surface area contributed by atoms with Gasteiger partial charge in [-0.2, -0.15) is 0 Å². The Kier molecular flexibility index (Phi) is 4.41. The Morgan fingerprint density at radius 1 is 1.37 bits per heavy atom. The Hall–Kier alpha value is -0.740. The van der Waals surface area contributed by atoms with E-state index in [0.29, 0.717) is 5.92 Å². The van der Waals surface area contributed by atoms with E-state index >= 15 is 0 Å². The lowest BCUT2D eigenvalue weighted by Crippen LogP contribution is -2.34. The van der Waals surface area contributed by atoms with Gasteiger partial charge in [0.05, 0.1) is 13.7 Å². The van der Waals surface area contributed by atoms with E-state index in [4.69, 9.17) is 15.2 Å². The van der Waals surface area contributed by atoms with E-state index in [2.05, 4.69) is 15.9 Å². The number of ether oxygens (including phenoxy) is 2. The fraction of sp³-hybridized carbons (Fsp3) is 0.600. The van der Waals surface area contributed by atoms with Crippen LogP contribution in [0.1, 0.15) is 32.3 Å². The fourth-order valence-electron chi connectivity index (χ4n) is 2.01. The van der Waals surface area contributed by atoms with Gasteiger partial charge in [-0.25, -0.2) is 0 Å². The average Bonchev–Trinajstić information content (AvgIpc) is 3.12. The SMILES string of the molecule is COc1ccc(Br)c(CC(C)(C)N)c1OCC1CC1. The van der Waals surface area contributed by atoms with Crippen molar-refractivity contribution < 1.29 is 9.47 Å². The van der Waals surface area contributed by atoms with Gasteiger partial charge < -0.3 is 15.2 Å². The van der Waals surface area contributed by atoms with Gasteiger partial charge in [0.15, 0.2) is 11.5 Å². The van der Waals surface area contributed by atoms with Gasteiger partial charge in [0.2, 0.25) is 0 Å². The Bertz CT molecular complexity index is 450. The molecule has 0 bridgehead atoms. The molecule has 1 aliphatic carbocycles. The molecule has 1 aromatic rings. The first-order valence-electron chi connectivity index (χ1n) is 6.68. The minimum absolute atomic E-state index is 0.285. The van der Waals surface area contributed by atoms with Crippen molar-refractivity contribution in [3.05, 3.63) is 22.2 Å². The molecule has 19 heavy (non-hydrogen) atoms. The predicted octanol–water partition coefficient (Wildman–Crippen LogP) is 3.53. The number of hydrogen-bond donors (Lipinski definition) is 1. The molecule has 0 saturated heterocycles. The standard InChI is InChI=1S/C15H22BrNO2/c1-15(2,17)8-11-12(16)6-7-13(18-3)14(11)19-9-10-4-5-10/h6-7,10H,4-5,8-9,17H2,1-3H3. The van der Waals surface area contributed by atoms with Crippen LogP contribution in [0.2, 0.25) is 0 Å². The molecule has 0 aromatic heterocycles. The van der Waals surface area contributed by atoms with Crippen molar-refractivity contribution in [2.24, 2.45) is 11.7 Å². The molecule has 0 amide bonds. The number of rotatable bonds is 6. The molecule has 0 unspecified atom stereocenters. The van der Waals surface area contributed by atoms with Gasteiger partial charge in [-0.05, 0) is 51.2 Å². The van der Waals surface area contributed by atoms with Crippen molar-refractivity contribution in [3.63, 3.8) is 0 Å². The molecule has 1 saturated carbocycles. The van der Waals surface area contributed by atoms with E-state index in [0.717, 1.165) is 34.6 Å². The van der Waals surface area contributed by atoms with Gasteiger partial charge in [0.25, 0.3) is 0 Å². The van der Waals surface area contributed by atoms with Crippen molar-refractivity contribution >= 4 is 15.9 Å². The van der Waals surface area contributed by atoms with Crippen LogP contribution in [-0.4, -0.2) is 19.3 Å². The third-order valence-electron chi connectivity index (χ3n) is 3.18. The van der Waals surface area contributed by atoms with E-state index in [9.17, 15) is 0 Å². The third kappa shape index (κ3) is 4.11. The molecule has 0 radical (unpaired) electrons. The van der Waals surface area contributed by atoms with Crippen LogP contribution in [-0.2, 0) is 6.42 Å². The summed E-state index contributed by atoms with van der Waals surface area (Å²) in [5.74, 6) is 2.33. The summed E-state index contributed by atoms with van der Waals surface area (Å²) in [6, 6.07) is 3.92. The number of benzene rings is 1. The van der Waals surface area contributed by atoms with E-state index in [1.165, 1.54) is 12.8 Å². The number of nitrogens with two attached hydrogens (primary N) is 1. The summed E-state index contributed by atoms with van der Waals surface area (Å²) in [5, 5.41) is 0. The lowest BCUT2D eigenvalue weighted by Gasteiger charge is -2.23. The molecular formula is C15H22BrNO2. The predicted molar refractivity (Wildman–Crippen MR) is 80.9 cm³/mol. The maximum atomic E-state index is 6.15. The smallest absolute Gasteiger partial charge is 0.165 e. The van der Waals surface area contributed by atoms with E-state index in [1.54, 1.807) is 7.11 Å². The van der Waals surface area contributed by atoms with Crippen LogP contribution >= 0.6 is 15.9 Å². The Labute approximate surface area is 123 Å². The van der Waals surface area contributed by atoms with Crippen molar-refractivity contribution in [1.82, 2.24) is 0 Å². The van der Waals surface area contributed by atoms with Crippen LogP contribution < -0.4 is 15.2 Å². The van der Waals surface area contributed by atoms with Crippen molar-refractivity contribution in [1.29, 1.82) is 0 Å². The minimum atomic E-state index is -0.285. The highest BCUT2D eigenvalue weighted by Crippen LogP contribution is 2.39. The molecule has 0 atom stereocenters. The Morgan fingerprint density at radius 2 is 2.05 bits per heavy atom. The molecule has 0 heterocycles. The monoisotopic (exact) mass is 327 g/mol. The molecule has 1 aromatic carbocycles. The number of hydrogen-bond acceptors (Lipinski definition) is 3. The maximum absolute atomic E-state index is 6.15. The van der Waals surface area contributed by atoms with E-state index in [1.807, 2.05) is 26.0 Å². The average molecular weight is 328 g/mol. The second-order valence-electron chi connectivity index (χ2n) is 5.98. The summed E-state index contributed by atoms with van der Waals surface area (Å²) < 4.78 is 12.4. The highest BCUT2D eigenvalue weighted by Gasteiger charge is 2.25. The molecule has 2 N–H and O–H groups in total. The first-order valence-corrected chi connectivity index (χ1v) is 7.47. The van der Waals surface area contributed by atoms with Crippen molar-refractivity contribution in [3.8, 4) is 11.5 Å². The van der Waals surface area contributed by atoms with Gasteiger partial charge in [-0.1, -0.05) is 15.9 Å². The number of methoxy groups -OCH3 is 1. The van der Waals surface area contributed by atoms with Gasteiger partial charge in [-0.3, -0.25) is 0 Å². The summed E-state index contributed by atoms with van der Waals surface area (Å²) in [7, 11) is 1.67. The van der Waals surface area contributed by atoms with Crippen LogP contribution in [0.25, 0.3) is 0 Å². The first-order chi connectivity index (χ1) is 8.90. The largest absolute Gasteiger partial charge is 0.493 e. The highest BCUT2D eigenvalue weighted by molar-refractivity contribution is 9.10. The van der Waals surface area contributed by atoms with E-state index in [-0.39, 0.29) is 5.54 Å². The second-order valence-corrected chi connectivity index (χ2v) is 6.83. The summed E-state index contributed by atoms with van der Waals surface area (Å²) in [6.45, 7) is 4.80. The molecular weight excluding hydrogens is 306 g/mol. The summed E-state index contributed by atoms with van der Waals surface area (Å²) >= 11 is 3.59. The molecule has 2 rings (SSSR count). The molecule has 3 nitrogen and oxygen atoms in total. The highest BCUT2D eigenvalue weighted by atomic mass is 79.9. The zero-order valence-corrected chi connectivity index (χ0v) is 13.4. The molecule has 106 valence electrons. The summed E-state index contributed by atoms with van der Waals surface area (Å²) in [4.78, 5) is 0. The van der Waals surface area contributed by atoms with Gasteiger partial charge in [0, 0.05) is 15.6 Å². The zero-order chi connectivity index (χ0) is 14.0. The molecule has 4 heteroatoms. The lowest BCUT2D eigenvalue weighted by molar-refractivity contribution is 0.275. The molecule has 1 fully saturated rings. The zero-order valence-electron chi connectivity index (χ0n) is 11.8. The van der Waals surface area contributed by atoms with E-state index < -0.39 is 0 Å². The van der Waals surface area contributed by atoms with Crippen molar-refractivity contribution in [2.45, 2.75) is 38.6 Å². The Balaban J connectivity index is 2.29. The fourth-order valence-corrected chi connectivity index (χ4v) is 2.46. The first kappa shape index (κ1) is 14.7. The van der Waals surface area contributed by atoms with Crippen molar-refractivity contribution in [2.75, 3.05) is 13.7 Å².